The largest absolute Gasteiger partial charge is 0.497 e. The van der Waals surface area contributed by atoms with Crippen molar-refractivity contribution < 1.29 is 14.3 Å². The maximum Gasteiger partial charge on any atom is 0.271 e. The number of carbonyl (C=O) groups excluding carboxylic acids is 1. The van der Waals surface area contributed by atoms with E-state index in [-0.39, 0.29) is 18.7 Å². The van der Waals surface area contributed by atoms with Gasteiger partial charge in [-0.25, -0.2) is 4.68 Å². The van der Waals surface area contributed by atoms with Gasteiger partial charge in [0, 0.05) is 12.2 Å². The summed E-state index contributed by atoms with van der Waals surface area (Å²) in [5.41, 5.74) is 0.377. The van der Waals surface area contributed by atoms with Crippen LogP contribution in [0.5, 0.6) is 11.5 Å². The third kappa shape index (κ3) is 4.24. The van der Waals surface area contributed by atoms with Crippen molar-refractivity contribution in [3.8, 4) is 11.5 Å². The van der Waals surface area contributed by atoms with E-state index in [9.17, 15) is 4.79 Å². The highest BCUT2D eigenvalue weighted by Gasteiger charge is 2.10. The van der Waals surface area contributed by atoms with Gasteiger partial charge in [0.05, 0.1) is 7.11 Å². The summed E-state index contributed by atoms with van der Waals surface area (Å²) in [4.78, 5) is 11.8. The van der Waals surface area contributed by atoms with E-state index >= 15 is 0 Å². The Morgan fingerprint density at radius 3 is 2.52 bits per heavy atom. The molecular formula is C15H19N3O3. The number of aromatic nitrogens is 2. The number of hydrogen-bond acceptors (Lipinski definition) is 4. The molecule has 0 fully saturated rings. The Kier molecular flexibility index (Phi) is 4.81. The highest BCUT2D eigenvalue weighted by atomic mass is 16.5. The summed E-state index contributed by atoms with van der Waals surface area (Å²) in [6.07, 6.45) is 1.71. The third-order valence-electron chi connectivity index (χ3n) is 2.72. The minimum Gasteiger partial charge on any atom is -0.497 e. The van der Waals surface area contributed by atoms with Crippen LogP contribution in [0, 0.1) is 0 Å². The lowest BCUT2D eigenvalue weighted by molar-refractivity contribution is 0.0936. The van der Waals surface area contributed by atoms with E-state index in [1.165, 1.54) is 0 Å². The van der Waals surface area contributed by atoms with Gasteiger partial charge in [0.1, 0.15) is 17.2 Å². The molecule has 6 heteroatoms. The van der Waals surface area contributed by atoms with E-state index in [0.717, 1.165) is 5.75 Å². The van der Waals surface area contributed by atoms with Crippen LogP contribution in [0.25, 0.3) is 0 Å². The predicted octanol–water partition coefficient (Wildman–Crippen LogP) is 2.07. The van der Waals surface area contributed by atoms with Gasteiger partial charge >= 0.3 is 0 Å². The molecule has 1 amide bonds. The zero-order valence-corrected chi connectivity index (χ0v) is 12.4. The molecule has 0 aliphatic heterocycles. The smallest absolute Gasteiger partial charge is 0.271 e. The van der Waals surface area contributed by atoms with Crippen molar-refractivity contribution in [3.05, 3.63) is 42.2 Å². The van der Waals surface area contributed by atoms with Crippen molar-refractivity contribution in [2.45, 2.75) is 26.6 Å². The van der Waals surface area contributed by atoms with Crippen molar-refractivity contribution in [2.75, 3.05) is 7.11 Å². The third-order valence-corrected chi connectivity index (χ3v) is 2.72. The van der Waals surface area contributed by atoms with Crippen molar-refractivity contribution >= 4 is 5.91 Å². The fraction of sp³-hybridized carbons (Fsp3) is 0.333. The molecule has 0 atom stereocenters. The van der Waals surface area contributed by atoms with Crippen LogP contribution in [-0.2, 0) is 6.73 Å². The Morgan fingerprint density at radius 2 is 1.90 bits per heavy atom. The van der Waals surface area contributed by atoms with Crippen molar-refractivity contribution in [1.29, 1.82) is 0 Å². The predicted molar refractivity (Wildman–Crippen MR) is 78.5 cm³/mol. The summed E-state index contributed by atoms with van der Waals surface area (Å²) in [5, 5.41) is 6.96. The number of nitrogens with one attached hydrogen (secondary N) is 1. The second kappa shape index (κ2) is 6.78. The first kappa shape index (κ1) is 14.9. The van der Waals surface area contributed by atoms with Gasteiger partial charge in [-0.2, -0.15) is 5.10 Å². The van der Waals surface area contributed by atoms with Crippen LogP contribution in [0.3, 0.4) is 0 Å². The minimum absolute atomic E-state index is 0.0817. The summed E-state index contributed by atoms with van der Waals surface area (Å²) in [5.74, 6) is 1.29. The summed E-state index contributed by atoms with van der Waals surface area (Å²) in [6.45, 7) is 4.05. The van der Waals surface area contributed by atoms with Gasteiger partial charge in [0.2, 0.25) is 0 Å². The first-order valence-corrected chi connectivity index (χ1v) is 6.69. The first-order valence-electron chi connectivity index (χ1n) is 6.69. The van der Waals surface area contributed by atoms with E-state index < -0.39 is 0 Å². The molecule has 2 aromatic rings. The number of nitrogens with zero attached hydrogens (tertiary/aromatic N) is 2. The zero-order valence-electron chi connectivity index (χ0n) is 12.4. The number of hydrogen-bond donors (Lipinski definition) is 1. The summed E-state index contributed by atoms with van der Waals surface area (Å²) in [7, 11) is 1.61. The van der Waals surface area contributed by atoms with Crippen LogP contribution < -0.4 is 14.8 Å². The summed E-state index contributed by atoms with van der Waals surface area (Å²) < 4.78 is 12.2. The molecule has 6 nitrogen and oxygen atoms in total. The molecule has 112 valence electrons. The molecule has 1 N–H and O–H groups in total. The van der Waals surface area contributed by atoms with Gasteiger partial charge in [0.25, 0.3) is 5.91 Å². The average Bonchev–Trinajstić information content (AvgIpc) is 2.94. The maximum absolute atomic E-state index is 11.8. The molecule has 0 bridgehead atoms. The molecule has 0 radical (unpaired) electrons. The Morgan fingerprint density at radius 1 is 1.24 bits per heavy atom. The molecule has 0 unspecified atom stereocenters. The van der Waals surface area contributed by atoms with E-state index in [1.807, 2.05) is 38.1 Å². The SMILES string of the molecule is COc1ccc(OCn2ccc(C(=O)NC(C)C)n2)cc1. The Labute approximate surface area is 123 Å². The van der Waals surface area contributed by atoms with E-state index in [0.29, 0.717) is 11.4 Å². The number of methoxy groups -OCH3 is 1. The van der Waals surface area contributed by atoms with Gasteiger partial charge < -0.3 is 14.8 Å². The fourth-order valence-corrected chi connectivity index (χ4v) is 1.70. The molecule has 0 aliphatic carbocycles. The molecule has 0 aliphatic rings. The van der Waals surface area contributed by atoms with Crippen LogP contribution in [0.15, 0.2) is 36.5 Å². The van der Waals surface area contributed by atoms with Crippen LogP contribution in [0.2, 0.25) is 0 Å². The number of carbonyl (C=O) groups is 1. The van der Waals surface area contributed by atoms with Crippen LogP contribution in [0.1, 0.15) is 24.3 Å². The van der Waals surface area contributed by atoms with Gasteiger partial charge in [-0.3, -0.25) is 4.79 Å². The van der Waals surface area contributed by atoms with Gasteiger partial charge in [-0.05, 0) is 44.2 Å². The zero-order chi connectivity index (χ0) is 15.2. The first-order chi connectivity index (χ1) is 10.1. The second-order valence-corrected chi connectivity index (χ2v) is 4.82. The molecular weight excluding hydrogens is 270 g/mol. The standard InChI is InChI=1S/C15H19N3O3/c1-11(2)16-15(19)14-8-9-18(17-14)10-21-13-6-4-12(20-3)5-7-13/h4-9,11H,10H2,1-3H3,(H,16,19). The number of ether oxygens (including phenoxy) is 2. The normalized spacial score (nSPS) is 10.5. The van der Waals surface area contributed by atoms with Crippen LogP contribution >= 0.6 is 0 Å². The van der Waals surface area contributed by atoms with Crippen molar-refractivity contribution in [1.82, 2.24) is 15.1 Å². The van der Waals surface area contributed by atoms with E-state index in [2.05, 4.69) is 10.4 Å². The van der Waals surface area contributed by atoms with Gasteiger partial charge in [0.15, 0.2) is 6.73 Å². The molecule has 1 aromatic heterocycles. The Bertz CT molecular complexity index is 590. The van der Waals surface area contributed by atoms with Crippen molar-refractivity contribution in [3.63, 3.8) is 0 Å². The Balaban J connectivity index is 1.91. The van der Waals surface area contributed by atoms with Gasteiger partial charge in [-0.15, -0.1) is 0 Å². The fourth-order valence-electron chi connectivity index (χ4n) is 1.70. The van der Waals surface area contributed by atoms with Gasteiger partial charge in [-0.1, -0.05) is 0 Å². The maximum atomic E-state index is 11.8. The number of amides is 1. The molecule has 0 saturated carbocycles. The second-order valence-electron chi connectivity index (χ2n) is 4.82. The minimum atomic E-state index is -0.187. The van der Waals surface area contributed by atoms with Crippen LogP contribution in [0.4, 0.5) is 0 Å². The summed E-state index contributed by atoms with van der Waals surface area (Å²) in [6, 6.07) is 9.01. The lowest BCUT2D eigenvalue weighted by Crippen LogP contribution is -2.30. The lowest BCUT2D eigenvalue weighted by atomic mass is 10.3. The van der Waals surface area contributed by atoms with Crippen LogP contribution in [-0.4, -0.2) is 28.8 Å². The van der Waals surface area contributed by atoms with Crippen molar-refractivity contribution in [2.24, 2.45) is 0 Å². The monoisotopic (exact) mass is 289 g/mol. The van der Waals surface area contributed by atoms with E-state index in [4.69, 9.17) is 9.47 Å². The lowest BCUT2D eigenvalue weighted by Gasteiger charge is -2.07. The molecule has 21 heavy (non-hydrogen) atoms. The number of benzene rings is 1. The van der Waals surface area contributed by atoms with E-state index in [1.54, 1.807) is 24.1 Å². The number of rotatable bonds is 6. The highest BCUT2D eigenvalue weighted by Crippen LogP contribution is 2.17. The Hall–Kier alpha value is -2.50. The molecule has 2 rings (SSSR count). The topological polar surface area (TPSA) is 65.4 Å². The molecule has 0 saturated heterocycles. The molecule has 1 heterocycles. The summed E-state index contributed by atoms with van der Waals surface area (Å²) >= 11 is 0. The molecule has 1 aromatic carbocycles. The quantitative estimate of drug-likeness (QED) is 0.884. The molecule has 0 spiro atoms. The average molecular weight is 289 g/mol. The highest BCUT2D eigenvalue weighted by molar-refractivity contribution is 5.92.